The van der Waals surface area contributed by atoms with Gasteiger partial charge in [0.25, 0.3) is 0 Å². The zero-order valence-corrected chi connectivity index (χ0v) is 11.3. The van der Waals surface area contributed by atoms with E-state index < -0.39 is 17.6 Å². The van der Waals surface area contributed by atoms with E-state index in [0.717, 1.165) is 22.2 Å². The van der Waals surface area contributed by atoms with Gasteiger partial charge >= 0.3 is 5.97 Å². The number of hydrogen-bond donors (Lipinski definition) is 0. The number of carbonyl (C=O) groups is 1. The average molecular weight is 327 g/mol. The molecule has 2 nitrogen and oxygen atoms in total. The van der Waals surface area contributed by atoms with Gasteiger partial charge < -0.3 is 4.74 Å². The van der Waals surface area contributed by atoms with E-state index in [0.29, 0.717) is 6.07 Å². The summed E-state index contributed by atoms with van der Waals surface area (Å²) < 4.78 is 31.9. The van der Waals surface area contributed by atoms with Gasteiger partial charge in [-0.15, -0.1) is 0 Å². The summed E-state index contributed by atoms with van der Waals surface area (Å²) in [7, 11) is 0. The van der Waals surface area contributed by atoms with E-state index in [2.05, 4.69) is 15.9 Å². The molecule has 0 unspecified atom stereocenters. The van der Waals surface area contributed by atoms with Gasteiger partial charge in [-0.3, -0.25) is 0 Å². The third kappa shape index (κ3) is 3.61. The second-order valence-electron chi connectivity index (χ2n) is 3.83. The van der Waals surface area contributed by atoms with Crippen LogP contribution >= 0.6 is 15.9 Å². The summed E-state index contributed by atoms with van der Waals surface area (Å²) in [5, 5.41) is 0. The van der Waals surface area contributed by atoms with Crippen LogP contribution in [0.25, 0.3) is 0 Å². The molecule has 0 amide bonds. The van der Waals surface area contributed by atoms with E-state index in [4.69, 9.17) is 4.74 Å². The number of halogens is 3. The normalized spacial score (nSPS) is 10.3. The van der Waals surface area contributed by atoms with Crippen molar-refractivity contribution in [3.8, 4) is 0 Å². The van der Waals surface area contributed by atoms with Crippen LogP contribution in [0.5, 0.6) is 0 Å². The van der Waals surface area contributed by atoms with Crippen LogP contribution in [0.15, 0.2) is 46.9 Å². The van der Waals surface area contributed by atoms with Crippen molar-refractivity contribution in [2.75, 3.05) is 0 Å². The summed E-state index contributed by atoms with van der Waals surface area (Å²) in [4.78, 5) is 11.6. The van der Waals surface area contributed by atoms with Crippen molar-refractivity contribution in [1.82, 2.24) is 0 Å². The van der Waals surface area contributed by atoms with Gasteiger partial charge in [0.1, 0.15) is 18.2 Å². The Balaban J connectivity index is 2.03. The maximum absolute atomic E-state index is 13.3. The molecule has 2 aromatic carbocycles. The molecule has 0 saturated carbocycles. The van der Waals surface area contributed by atoms with Crippen molar-refractivity contribution in [2.24, 2.45) is 0 Å². The minimum absolute atomic E-state index is 0.0307. The molecule has 0 aliphatic rings. The van der Waals surface area contributed by atoms with Gasteiger partial charge in [-0.2, -0.15) is 0 Å². The van der Waals surface area contributed by atoms with Gasteiger partial charge in [0, 0.05) is 10.5 Å². The Morgan fingerprint density at radius 3 is 2.42 bits per heavy atom. The van der Waals surface area contributed by atoms with Crippen LogP contribution in [0.1, 0.15) is 15.9 Å². The van der Waals surface area contributed by atoms with Gasteiger partial charge in [-0.25, -0.2) is 13.6 Å². The SMILES string of the molecule is O=C(OCc1ccc(Br)cc1)c1ccc(F)cc1F. The van der Waals surface area contributed by atoms with E-state index in [1.54, 1.807) is 12.1 Å². The monoisotopic (exact) mass is 326 g/mol. The molecular weight excluding hydrogens is 318 g/mol. The maximum atomic E-state index is 13.3. The zero-order chi connectivity index (χ0) is 13.8. The Bertz CT molecular complexity index is 597. The van der Waals surface area contributed by atoms with Crippen LogP contribution in [0.2, 0.25) is 0 Å². The predicted molar refractivity (Wildman–Crippen MR) is 69.6 cm³/mol. The fourth-order valence-corrected chi connectivity index (χ4v) is 1.73. The molecule has 2 aromatic rings. The lowest BCUT2D eigenvalue weighted by molar-refractivity contribution is 0.0467. The molecule has 0 aliphatic heterocycles. The summed E-state index contributed by atoms with van der Waals surface area (Å²) >= 11 is 3.29. The molecule has 0 aromatic heterocycles. The molecule has 19 heavy (non-hydrogen) atoms. The van der Waals surface area contributed by atoms with Crippen LogP contribution in [-0.2, 0) is 11.3 Å². The van der Waals surface area contributed by atoms with Crippen LogP contribution in [0, 0.1) is 11.6 Å². The van der Waals surface area contributed by atoms with Gasteiger partial charge in [-0.1, -0.05) is 28.1 Å². The Labute approximate surface area is 117 Å². The molecule has 0 spiro atoms. The van der Waals surface area contributed by atoms with Crippen LogP contribution in [-0.4, -0.2) is 5.97 Å². The first-order chi connectivity index (χ1) is 9.06. The average Bonchev–Trinajstić information content (AvgIpc) is 2.37. The fourth-order valence-electron chi connectivity index (χ4n) is 1.46. The highest BCUT2D eigenvalue weighted by Crippen LogP contribution is 2.14. The number of ether oxygens (including phenoxy) is 1. The van der Waals surface area contributed by atoms with Crippen molar-refractivity contribution in [3.63, 3.8) is 0 Å². The van der Waals surface area contributed by atoms with Crippen molar-refractivity contribution < 1.29 is 18.3 Å². The van der Waals surface area contributed by atoms with Crippen LogP contribution < -0.4 is 0 Å². The number of carbonyl (C=O) groups excluding carboxylic acids is 1. The summed E-state index contributed by atoms with van der Waals surface area (Å²) in [6, 6.07) is 9.89. The van der Waals surface area contributed by atoms with Crippen molar-refractivity contribution in [2.45, 2.75) is 6.61 Å². The van der Waals surface area contributed by atoms with Crippen molar-refractivity contribution in [3.05, 3.63) is 69.7 Å². The second kappa shape index (κ2) is 5.93. The van der Waals surface area contributed by atoms with Crippen LogP contribution in [0.4, 0.5) is 8.78 Å². The molecule has 0 aliphatic carbocycles. The third-order valence-corrected chi connectivity index (χ3v) is 2.96. The Kier molecular flexibility index (Phi) is 4.27. The number of esters is 1. The lowest BCUT2D eigenvalue weighted by Gasteiger charge is -2.06. The molecule has 0 saturated heterocycles. The predicted octanol–water partition coefficient (Wildman–Crippen LogP) is 4.08. The molecule has 0 atom stereocenters. The maximum Gasteiger partial charge on any atom is 0.341 e. The number of hydrogen-bond acceptors (Lipinski definition) is 2. The summed E-state index contributed by atoms with van der Waals surface area (Å²) in [5.41, 5.74) is 0.498. The largest absolute Gasteiger partial charge is 0.457 e. The van der Waals surface area contributed by atoms with Gasteiger partial charge in [0.15, 0.2) is 0 Å². The van der Waals surface area contributed by atoms with E-state index in [1.807, 2.05) is 12.1 Å². The minimum Gasteiger partial charge on any atom is -0.457 e. The van der Waals surface area contributed by atoms with E-state index in [1.165, 1.54) is 0 Å². The molecular formula is C14H9BrF2O2. The molecule has 0 fully saturated rings. The van der Waals surface area contributed by atoms with Crippen LogP contribution in [0.3, 0.4) is 0 Å². The second-order valence-corrected chi connectivity index (χ2v) is 4.74. The van der Waals surface area contributed by atoms with E-state index in [-0.39, 0.29) is 12.2 Å². The Morgan fingerprint density at radius 1 is 1.11 bits per heavy atom. The summed E-state index contributed by atoms with van der Waals surface area (Å²) in [6.07, 6.45) is 0. The highest BCUT2D eigenvalue weighted by atomic mass is 79.9. The number of rotatable bonds is 3. The quantitative estimate of drug-likeness (QED) is 0.794. The Morgan fingerprint density at radius 2 is 1.79 bits per heavy atom. The van der Waals surface area contributed by atoms with Gasteiger partial charge in [-0.05, 0) is 29.8 Å². The van der Waals surface area contributed by atoms with Gasteiger partial charge in [0.2, 0.25) is 0 Å². The van der Waals surface area contributed by atoms with Crippen molar-refractivity contribution >= 4 is 21.9 Å². The first-order valence-electron chi connectivity index (χ1n) is 5.43. The summed E-state index contributed by atoms with van der Waals surface area (Å²) in [5.74, 6) is -2.48. The Hall–Kier alpha value is -1.75. The zero-order valence-electron chi connectivity index (χ0n) is 9.70. The molecule has 2 rings (SSSR count). The standard InChI is InChI=1S/C14H9BrF2O2/c15-10-3-1-9(2-4-10)8-19-14(18)12-6-5-11(16)7-13(12)17/h1-7H,8H2. The summed E-state index contributed by atoms with van der Waals surface area (Å²) in [6.45, 7) is 0.0307. The molecule has 0 N–H and O–H groups in total. The van der Waals surface area contributed by atoms with E-state index >= 15 is 0 Å². The highest BCUT2D eigenvalue weighted by Gasteiger charge is 2.13. The van der Waals surface area contributed by atoms with Gasteiger partial charge in [0.05, 0.1) is 5.56 Å². The van der Waals surface area contributed by atoms with E-state index in [9.17, 15) is 13.6 Å². The number of benzene rings is 2. The molecule has 0 heterocycles. The molecule has 0 bridgehead atoms. The topological polar surface area (TPSA) is 26.3 Å². The smallest absolute Gasteiger partial charge is 0.341 e. The minimum atomic E-state index is -0.930. The highest BCUT2D eigenvalue weighted by molar-refractivity contribution is 9.10. The first kappa shape index (κ1) is 13.7. The van der Waals surface area contributed by atoms with Crippen molar-refractivity contribution in [1.29, 1.82) is 0 Å². The fraction of sp³-hybridized carbons (Fsp3) is 0.0714. The third-order valence-electron chi connectivity index (χ3n) is 2.43. The molecule has 98 valence electrons. The lowest BCUT2D eigenvalue weighted by Crippen LogP contribution is -2.07. The first-order valence-corrected chi connectivity index (χ1v) is 6.22. The molecule has 5 heteroatoms. The molecule has 0 radical (unpaired) electrons. The lowest BCUT2D eigenvalue weighted by atomic mass is 10.2.